The summed E-state index contributed by atoms with van der Waals surface area (Å²) < 4.78 is 5.48. The van der Waals surface area contributed by atoms with Crippen LogP contribution in [0.1, 0.15) is 41.1 Å². The van der Waals surface area contributed by atoms with Gasteiger partial charge in [0.15, 0.2) is 0 Å². The van der Waals surface area contributed by atoms with Gasteiger partial charge in [0.1, 0.15) is 11.4 Å². The quantitative estimate of drug-likeness (QED) is 0.819. The summed E-state index contributed by atoms with van der Waals surface area (Å²) in [6.45, 7) is 4.93. The standard InChI is InChI=1S/C18H21N3O3/c1-3-10-20-17(22)13-9-11-19-15(12-13)18(23)21-14-7-5-6-8-16(14)24-4-2/h5-9,11-12H,3-4,10H2,1-2H3,(H,20,22)(H,21,23). The Hall–Kier alpha value is -2.89. The molecule has 1 aromatic carbocycles. The maximum atomic E-state index is 12.4. The lowest BCUT2D eigenvalue weighted by atomic mass is 10.2. The Kier molecular flexibility index (Phi) is 6.31. The zero-order chi connectivity index (χ0) is 17.4. The van der Waals surface area contributed by atoms with Gasteiger partial charge in [0, 0.05) is 18.3 Å². The number of hydrogen-bond acceptors (Lipinski definition) is 4. The van der Waals surface area contributed by atoms with Crippen molar-refractivity contribution in [2.24, 2.45) is 0 Å². The number of para-hydroxylation sites is 2. The maximum Gasteiger partial charge on any atom is 0.274 e. The fourth-order valence-electron chi connectivity index (χ4n) is 2.07. The minimum atomic E-state index is -0.396. The molecule has 0 saturated carbocycles. The number of benzene rings is 1. The zero-order valence-corrected chi connectivity index (χ0v) is 13.8. The van der Waals surface area contributed by atoms with E-state index in [1.165, 1.54) is 12.3 Å². The number of ether oxygens (including phenoxy) is 1. The number of rotatable bonds is 7. The van der Waals surface area contributed by atoms with Crippen LogP contribution in [0.4, 0.5) is 5.69 Å². The van der Waals surface area contributed by atoms with Crippen LogP contribution in [0.15, 0.2) is 42.6 Å². The van der Waals surface area contributed by atoms with Crippen molar-refractivity contribution in [2.75, 3.05) is 18.5 Å². The number of anilines is 1. The minimum Gasteiger partial charge on any atom is -0.492 e. The summed E-state index contributed by atoms with van der Waals surface area (Å²) in [5, 5.41) is 5.53. The van der Waals surface area contributed by atoms with Gasteiger partial charge in [-0.25, -0.2) is 0 Å². The third kappa shape index (κ3) is 4.55. The molecule has 0 aliphatic heterocycles. The van der Waals surface area contributed by atoms with E-state index < -0.39 is 5.91 Å². The first-order chi connectivity index (χ1) is 11.7. The van der Waals surface area contributed by atoms with Crippen molar-refractivity contribution in [3.8, 4) is 5.75 Å². The Bertz CT molecular complexity index is 716. The third-order valence-corrected chi connectivity index (χ3v) is 3.23. The summed E-state index contributed by atoms with van der Waals surface area (Å²) in [4.78, 5) is 28.4. The maximum absolute atomic E-state index is 12.4. The second kappa shape index (κ2) is 8.67. The van der Waals surface area contributed by atoms with E-state index in [4.69, 9.17) is 4.74 Å². The van der Waals surface area contributed by atoms with E-state index in [0.717, 1.165) is 6.42 Å². The van der Waals surface area contributed by atoms with Crippen LogP contribution >= 0.6 is 0 Å². The average Bonchev–Trinajstić information content (AvgIpc) is 2.61. The highest BCUT2D eigenvalue weighted by atomic mass is 16.5. The van der Waals surface area contributed by atoms with Gasteiger partial charge >= 0.3 is 0 Å². The van der Waals surface area contributed by atoms with Crippen LogP contribution < -0.4 is 15.4 Å². The van der Waals surface area contributed by atoms with Crippen molar-refractivity contribution in [3.63, 3.8) is 0 Å². The van der Waals surface area contributed by atoms with Crippen molar-refractivity contribution in [1.29, 1.82) is 0 Å². The number of carbonyl (C=O) groups is 2. The largest absolute Gasteiger partial charge is 0.492 e. The summed E-state index contributed by atoms with van der Waals surface area (Å²) >= 11 is 0. The van der Waals surface area contributed by atoms with E-state index in [-0.39, 0.29) is 11.6 Å². The molecule has 6 nitrogen and oxygen atoms in total. The Balaban J connectivity index is 2.14. The van der Waals surface area contributed by atoms with Crippen LogP contribution in [0.3, 0.4) is 0 Å². The molecule has 6 heteroatoms. The van der Waals surface area contributed by atoms with E-state index >= 15 is 0 Å². The number of hydrogen-bond donors (Lipinski definition) is 2. The molecule has 24 heavy (non-hydrogen) atoms. The molecule has 2 N–H and O–H groups in total. The molecule has 2 amide bonds. The van der Waals surface area contributed by atoms with Crippen LogP contribution in [-0.2, 0) is 0 Å². The van der Waals surface area contributed by atoms with Gasteiger partial charge < -0.3 is 15.4 Å². The normalized spacial score (nSPS) is 10.1. The van der Waals surface area contributed by atoms with Crippen LogP contribution in [0, 0.1) is 0 Å². The highest BCUT2D eigenvalue weighted by Crippen LogP contribution is 2.24. The molecule has 0 fully saturated rings. The molecule has 2 rings (SSSR count). The molecule has 0 radical (unpaired) electrons. The zero-order valence-electron chi connectivity index (χ0n) is 13.8. The lowest BCUT2D eigenvalue weighted by molar-refractivity contribution is 0.0953. The van der Waals surface area contributed by atoms with Crippen LogP contribution in [-0.4, -0.2) is 29.9 Å². The van der Waals surface area contributed by atoms with Crippen LogP contribution in [0.25, 0.3) is 0 Å². The molecule has 0 spiro atoms. The summed E-state index contributed by atoms with van der Waals surface area (Å²) in [6, 6.07) is 10.2. The number of carbonyl (C=O) groups excluding carboxylic acids is 2. The van der Waals surface area contributed by atoms with Gasteiger partial charge in [-0.2, -0.15) is 0 Å². The predicted molar refractivity (Wildman–Crippen MR) is 92.4 cm³/mol. The van der Waals surface area contributed by atoms with Gasteiger partial charge in [0.25, 0.3) is 11.8 Å². The molecule has 0 atom stereocenters. The summed E-state index contributed by atoms with van der Waals surface area (Å²) in [7, 11) is 0. The Morgan fingerprint density at radius 3 is 2.67 bits per heavy atom. The minimum absolute atomic E-state index is 0.172. The molecule has 0 bridgehead atoms. The van der Waals surface area contributed by atoms with Crippen molar-refractivity contribution in [1.82, 2.24) is 10.3 Å². The molecular formula is C18H21N3O3. The Labute approximate surface area is 141 Å². The van der Waals surface area contributed by atoms with Gasteiger partial charge in [0.2, 0.25) is 0 Å². The number of nitrogens with one attached hydrogen (secondary N) is 2. The number of aromatic nitrogens is 1. The molecule has 0 aliphatic rings. The summed E-state index contributed by atoms with van der Waals surface area (Å²) in [5.74, 6) is -0.0273. The number of pyridine rings is 1. The third-order valence-electron chi connectivity index (χ3n) is 3.23. The van der Waals surface area contributed by atoms with Gasteiger partial charge in [0.05, 0.1) is 12.3 Å². The monoisotopic (exact) mass is 327 g/mol. The second-order valence-corrected chi connectivity index (χ2v) is 5.07. The molecule has 0 unspecified atom stereocenters. The average molecular weight is 327 g/mol. The van der Waals surface area contributed by atoms with Crippen molar-refractivity contribution >= 4 is 17.5 Å². The predicted octanol–water partition coefficient (Wildman–Crippen LogP) is 2.87. The highest BCUT2D eigenvalue weighted by molar-refractivity contribution is 6.05. The smallest absolute Gasteiger partial charge is 0.274 e. The van der Waals surface area contributed by atoms with E-state index in [1.807, 2.05) is 19.9 Å². The van der Waals surface area contributed by atoms with Crippen molar-refractivity contribution in [2.45, 2.75) is 20.3 Å². The van der Waals surface area contributed by atoms with Crippen molar-refractivity contribution < 1.29 is 14.3 Å². The van der Waals surface area contributed by atoms with E-state index in [1.54, 1.807) is 24.3 Å². The molecule has 0 saturated heterocycles. The lowest BCUT2D eigenvalue weighted by Gasteiger charge is -2.11. The molecule has 0 aliphatic carbocycles. The fraction of sp³-hybridized carbons (Fsp3) is 0.278. The first kappa shape index (κ1) is 17.5. The summed E-state index contributed by atoms with van der Waals surface area (Å²) in [5.41, 5.74) is 1.14. The molecule has 1 heterocycles. The van der Waals surface area contributed by atoms with Gasteiger partial charge in [-0.05, 0) is 37.6 Å². The molecular weight excluding hydrogens is 306 g/mol. The van der Waals surface area contributed by atoms with E-state index in [2.05, 4.69) is 15.6 Å². The van der Waals surface area contributed by atoms with Crippen LogP contribution in [0.5, 0.6) is 5.75 Å². The second-order valence-electron chi connectivity index (χ2n) is 5.07. The van der Waals surface area contributed by atoms with Gasteiger partial charge in [-0.15, -0.1) is 0 Å². The van der Waals surface area contributed by atoms with Crippen LogP contribution in [0.2, 0.25) is 0 Å². The van der Waals surface area contributed by atoms with Gasteiger partial charge in [-0.3, -0.25) is 14.6 Å². The van der Waals surface area contributed by atoms with Gasteiger partial charge in [-0.1, -0.05) is 19.1 Å². The Morgan fingerprint density at radius 1 is 1.12 bits per heavy atom. The molecule has 2 aromatic rings. The molecule has 1 aromatic heterocycles. The fourth-order valence-corrected chi connectivity index (χ4v) is 2.07. The first-order valence-electron chi connectivity index (χ1n) is 7.93. The molecule has 126 valence electrons. The summed E-state index contributed by atoms with van der Waals surface area (Å²) in [6.07, 6.45) is 2.29. The first-order valence-corrected chi connectivity index (χ1v) is 7.93. The SMILES string of the molecule is CCCNC(=O)c1ccnc(C(=O)Nc2ccccc2OCC)c1. The van der Waals surface area contributed by atoms with E-state index in [9.17, 15) is 9.59 Å². The topological polar surface area (TPSA) is 80.3 Å². The number of nitrogens with zero attached hydrogens (tertiary/aromatic N) is 1. The van der Waals surface area contributed by atoms with E-state index in [0.29, 0.717) is 30.2 Å². The lowest BCUT2D eigenvalue weighted by Crippen LogP contribution is -2.24. The van der Waals surface area contributed by atoms with Crippen molar-refractivity contribution in [3.05, 3.63) is 53.9 Å². The highest BCUT2D eigenvalue weighted by Gasteiger charge is 2.13. The number of amides is 2. The Morgan fingerprint density at radius 2 is 1.92 bits per heavy atom.